The molecule has 1 aromatic carbocycles. The van der Waals surface area contributed by atoms with Crippen LogP contribution in [0.25, 0.3) is 0 Å². The molecular formula is C17H25NO. The van der Waals surface area contributed by atoms with E-state index in [-0.39, 0.29) is 6.10 Å². The Hall–Kier alpha value is -1.12. The van der Waals surface area contributed by atoms with Gasteiger partial charge in [0.2, 0.25) is 0 Å². The number of likely N-dealkylation sites (N-methyl/N-ethyl adjacent to an activating group) is 1. The van der Waals surface area contributed by atoms with E-state index >= 15 is 0 Å². The predicted octanol–water partition coefficient (Wildman–Crippen LogP) is 3.85. The Balaban J connectivity index is 2.22. The van der Waals surface area contributed by atoms with E-state index in [4.69, 9.17) is 4.74 Å². The first-order valence-corrected chi connectivity index (χ1v) is 7.37. The highest BCUT2D eigenvalue weighted by atomic mass is 16.5. The van der Waals surface area contributed by atoms with Gasteiger partial charge in [-0.3, -0.25) is 0 Å². The molecule has 1 aliphatic rings. The van der Waals surface area contributed by atoms with E-state index in [2.05, 4.69) is 48.6 Å². The lowest BCUT2D eigenvalue weighted by Gasteiger charge is -2.31. The molecule has 0 fully saturated rings. The molecular weight excluding hydrogens is 234 g/mol. The van der Waals surface area contributed by atoms with E-state index in [0.29, 0.717) is 6.04 Å². The molecule has 0 saturated heterocycles. The van der Waals surface area contributed by atoms with Crippen LogP contribution in [0.3, 0.4) is 0 Å². The minimum absolute atomic E-state index is 0.102. The van der Waals surface area contributed by atoms with Gasteiger partial charge in [-0.2, -0.15) is 0 Å². The van der Waals surface area contributed by atoms with Gasteiger partial charge in [0.15, 0.2) is 0 Å². The van der Waals surface area contributed by atoms with Crippen LogP contribution in [0, 0.1) is 0 Å². The normalized spacial score (nSPS) is 18.7. The second-order valence-electron chi connectivity index (χ2n) is 5.13. The molecule has 0 saturated carbocycles. The summed E-state index contributed by atoms with van der Waals surface area (Å²) in [6.07, 6.45) is 7.55. The fourth-order valence-electron chi connectivity index (χ4n) is 2.91. The van der Waals surface area contributed by atoms with Crippen LogP contribution in [0.4, 0.5) is 0 Å². The molecule has 0 bridgehead atoms. The fourth-order valence-corrected chi connectivity index (χ4v) is 2.91. The second-order valence-corrected chi connectivity index (χ2v) is 5.13. The molecule has 0 aliphatic heterocycles. The Bertz CT molecular complexity index is 399. The molecule has 0 heterocycles. The van der Waals surface area contributed by atoms with Crippen molar-refractivity contribution in [3.8, 4) is 0 Å². The van der Waals surface area contributed by atoms with Gasteiger partial charge in [0.25, 0.3) is 0 Å². The largest absolute Gasteiger partial charge is 0.375 e. The summed E-state index contributed by atoms with van der Waals surface area (Å²) in [6.45, 7) is 3.13. The van der Waals surface area contributed by atoms with Gasteiger partial charge in [0.1, 0.15) is 6.10 Å². The first-order chi connectivity index (χ1) is 9.36. The number of nitrogens with one attached hydrogen (secondary N) is 1. The van der Waals surface area contributed by atoms with Crippen molar-refractivity contribution < 1.29 is 4.74 Å². The van der Waals surface area contributed by atoms with E-state index in [1.807, 2.05) is 7.11 Å². The number of methoxy groups -OCH3 is 1. The van der Waals surface area contributed by atoms with Crippen LogP contribution in [-0.4, -0.2) is 19.7 Å². The van der Waals surface area contributed by atoms with Gasteiger partial charge >= 0.3 is 0 Å². The molecule has 0 amide bonds. The maximum atomic E-state index is 5.80. The van der Waals surface area contributed by atoms with E-state index < -0.39 is 0 Å². The van der Waals surface area contributed by atoms with Crippen molar-refractivity contribution in [1.82, 2.24) is 5.32 Å². The summed E-state index contributed by atoms with van der Waals surface area (Å²) < 4.78 is 5.80. The van der Waals surface area contributed by atoms with Crippen molar-refractivity contribution in [1.29, 1.82) is 0 Å². The molecule has 1 aromatic rings. The number of rotatable bonds is 6. The third kappa shape index (κ3) is 3.68. The topological polar surface area (TPSA) is 21.3 Å². The van der Waals surface area contributed by atoms with Gasteiger partial charge in [-0.1, -0.05) is 48.9 Å². The molecule has 1 aliphatic carbocycles. The van der Waals surface area contributed by atoms with Crippen molar-refractivity contribution in [3.05, 3.63) is 47.5 Å². The molecule has 2 heteroatoms. The summed E-state index contributed by atoms with van der Waals surface area (Å²) >= 11 is 0. The van der Waals surface area contributed by atoms with E-state index in [1.54, 1.807) is 0 Å². The van der Waals surface area contributed by atoms with Crippen LogP contribution in [-0.2, 0) is 4.74 Å². The Labute approximate surface area is 116 Å². The quantitative estimate of drug-likeness (QED) is 0.783. The highest BCUT2D eigenvalue weighted by molar-refractivity contribution is 5.25. The van der Waals surface area contributed by atoms with Crippen molar-refractivity contribution >= 4 is 0 Å². The molecule has 2 atom stereocenters. The SMILES string of the molecule is CCNC(C1=CCCCC1)C(OC)c1ccccc1. The smallest absolute Gasteiger partial charge is 0.101 e. The average molecular weight is 259 g/mol. The van der Waals surface area contributed by atoms with E-state index in [1.165, 1.54) is 36.8 Å². The Morgan fingerprint density at radius 1 is 1.21 bits per heavy atom. The highest BCUT2D eigenvalue weighted by Gasteiger charge is 2.26. The van der Waals surface area contributed by atoms with Crippen LogP contribution < -0.4 is 5.32 Å². The van der Waals surface area contributed by atoms with Gasteiger partial charge in [0, 0.05) is 7.11 Å². The number of benzene rings is 1. The summed E-state index contributed by atoms with van der Waals surface area (Å²) in [5, 5.41) is 3.61. The fraction of sp³-hybridized carbons (Fsp3) is 0.529. The standard InChI is InChI=1S/C17H25NO/c1-3-18-16(14-10-6-4-7-11-14)17(19-2)15-12-8-5-9-13-15/h5,8-10,12-13,16-18H,3-4,6-7,11H2,1-2H3. The zero-order valence-corrected chi connectivity index (χ0v) is 12.1. The zero-order chi connectivity index (χ0) is 13.5. The number of ether oxygens (including phenoxy) is 1. The lowest BCUT2D eigenvalue weighted by Crippen LogP contribution is -2.38. The Morgan fingerprint density at radius 3 is 2.58 bits per heavy atom. The van der Waals surface area contributed by atoms with Crippen LogP contribution in [0.1, 0.15) is 44.3 Å². The number of allylic oxidation sites excluding steroid dienone is 1. The van der Waals surface area contributed by atoms with Gasteiger partial charge in [-0.05, 0) is 37.8 Å². The second kappa shape index (κ2) is 7.46. The molecule has 19 heavy (non-hydrogen) atoms. The molecule has 2 rings (SSSR count). The van der Waals surface area contributed by atoms with Gasteiger partial charge in [-0.25, -0.2) is 0 Å². The first kappa shape index (κ1) is 14.3. The number of hydrogen-bond donors (Lipinski definition) is 1. The van der Waals surface area contributed by atoms with Gasteiger partial charge in [0.05, 0.1) is 6.04 Å². The van der Waals surface area contributed by atoms with Crippen molar-refractivity contribution in [3.63, 3.8) is 0 Å². The summed E-state index contributed by atoms with van der Waals surface area (Å²) in [6, 6.07) is 10.8. The zero-order valence-electron chi connectivity index (χ0n) is 12.1. The van der Waals surface area contributed by atoms with Gasteiger partial charge < -0.3 is 10.1 Å². The lowest BCUT2D eigenvalue weighted by molar-refractivity contribution is 0.0777. The molecule has 0 radical (unpaired) electrons. The van der Waals surface area contributed by atoms with Crippen LogP contribution in [0.5, 0.6) is 0 Å². The summed E-state index contributed by atoms with van der Waals surface area (Å²) in [7, 11) is 1.81. The third-order valence-electron chi connectivity index (χ3n) is 3.83. The maximum Gasteiger partial charge on any atom is 0.101 e. The molecule has 0 spiro atoms. The maximum absolute atomic E-state index is 5.80. The summed E-state index contributed by atoms with van der Waals surface area (Å²) in [5.74, 6) is 0. The highest BCUT2D eigenvalue weighted by Crippen LogP contribution is 2.30. The molecule has 1 N–H and O–H groups in total. The Morgan fingerprint density at radius 2 is 2.00 bits per heavy atom. The monoisotopic (exact) mass is 259 g/mol. The van der Waals surface area contributed by atoms with E-state index in [0.717, 1.165) is 6.54 Å². The molecule has 0 aromatic heterocycles. The van der Waals surface area contributed by atoms with Gasteiger partial charge in [-0.15, -0.1) is 0 Å². The summed E-state index contributed by atoms with van der Waals surface area (Å²) in [4.78, 5) is 0. The first-order valence-electron chi connectivity index (χ1n) is 7.37. The van der Waals surface area contributed by atoms with E-state index in [9.17, 15) is 0 Å². The minimum atomic E-state index is 0.102. The molecule has 104 valence electrons. The Kier molecular flexibility index (Phi) is 5.62. The molecule has 2 unspecified atom stereocenters. The van der Waals surface area contributed by atoms with Crippen LogP contribution in [0.2, 0.25) is 0 Å². The predicted molar refractivity (Wildman–Crippen MR) is 80.2 cm³/mol. The van der Waals surface area contributed by atoms with Crippen molar-refractivity contribution in [2.45, 2.75) is 44.8 Å². The molecule has 2 nitrogen and oxygen atoms in total. The lowest BCUT2D eigenvalue weighted by atomic mass is 9.88. The van der Waals surface area contributed by atoms with Crippen LogP contribution >= 0.6 is 0 Å². The van der Waals surface area contributed by atoms with Crippen LogP contribution in [0.15, 0.2) is 42.0 Å². The van der Waals surface area contributed by atoms with Crippen molar-refractivity contribution in [2.75, 3.05) is 13.7 Å². The summed E-state index contributed by atoms with van der Waals surface area (Å²) in [5.41, 5.74) is 2.77. The minimum Gasteiger partial charge on any atom is -0.375 e. The van der Waals surface area contributed by atoms with Crippen molar-refractivity contribution in [2.24, 2.45) is 0 Å². The average Bonchev–Trinajstić information content (AvgIpc) is 2.49. The third-order valence-corrected chi connectivity index (χ3v) is 3.83. The number of hydrogen-bond acceptors (Lipinski definition) is 2.